The third-order valence-corrected chi connectivity index (χ3v) is 3.71. The second-order valence-electron chi connectivity index (χ2n) is 4.13. The number of aromatic carboxylic acids is 1. The lowest BCUT2D eigenvalue weighted by molar-refractivity contribution is -0.138. The van der Waals surface area contributed by atoms with Crippen LogP contribution >= 0.6 is 11.8 Å². The van der Waals surface area contributed by atoms with Gasteiger partial charge in [0, 0.05) is 16.8 Å². The molecule has 0 atom stereocenters. The van der Waals surface area contributed by atoms with Crippen molar-refractivity contribution in [1.29, 1.82) is 0 Å². The van der Waals surface area contributed by atoms with Crippen LogP contribution in [0.25, 0.3) is 0 Å². The first-order chi connectivity index (χ1) is 9.88. The molecule has 0 aliphatic rings. The molecule has 2 aromatic rings. The van der Waals surface area contributed by atoms with Gasteiger partial charge in [0.25, 0.3) is 0 Å². The summed E-state index contributed by atoms with van der Waals surface area (Å²) in [5, 5.41) is 8.82. The summed E-state index contributed by atoms with van der Waals surface area (Å²) in [7, 11) is 0. The summed E-state index contributed by atoms with van der Waals surface area (Å²) < 4.78 is 38.5. The van der Waals surface area contributed by atoms with E-state index < -0.39 is 17.7 Å². The second kappa shape index (κ2) is 6.17. The van der Waals surface area contributed by atoms with Gasteiger partial charge in [-0.3, -0.25) is 0 Å². The van der Waals surface area contributed by atoms with Crippen LogP contribution in [0.1, 0.15) is 21.6 Å². The molecule has 3 nitrogen and oxygen atoms in total. The summed E-state index contributed by atoms with van der Waals surface area (Å²) in [6.07, 6.45) is -3.08. The normalized spacial score (nSPS) is 11.4. The number of thioether (sulfide) groups is 1. The fourth-order valence-electron chi connectivity index (χ4n) is 1.70. The summed E-state index contributed by atoms with van der Waals surface area (Å²) in [5.74, 6) is -1.08. The van der Waals surface area contributed by atoms with Crippen LogP contribution in [0.4, 0.5) is 13.2 Å². The lowest BCUT2D eigenvalue weighted by Gasteiger charge is -2.12. The van der Waals surface area contributed by atoms with Gasteiger partial charge >= 0.3 is 12.1 Å². The molecule has 1 heterocycles. The Hall–Kier alpha value is -2.02. The van der Waals surface area contributed by atoms with Crippen LogP contribution in [0.2, 0.25) is 0 Å². The lowest BCUT2D eigenvalue weighted by Crippen LogP contribution is -2.08. The number of hydrogen-bond acceptors (Lipinski definition) is 3. The molecular weight excluding hydrogens is 303 g/mol. The van der Waals surface area contributed by atoms with Gasteiger partial charge in [-0.15, -0.1) is 11.8 Å². The second-order valence-corrected chi connectivity index (χ2v) is 5.17. The molecule has 0 unspecified atom stereocenters. The van der Waals surface area contributed by atoms with Gasteiger partial charge in [-0.1, -0.05) is 18.2 Å². The molecular formula is C14H10F3NO2S. The highest BCUT2D eigenvalue weighted by atomic mass is 32.2. The average molecular weight is 313 g/mol. The first-order valence-electron chi connectivity index (χ1n) is 5.85. The molecule has 1 aromatic heterocycles. The fraction of sp³-hybridized carbons (Fsp3) is 0.143. The van der Waals surface area contributed by atoms with Crippen molar-refractivity contribution in [3.05, 3.63) is 59.4 Å². The third kappa shape index (κ3) is 3.98. The maximum Gasteiger partial charge on any atom is 0.416 e. The van der Waals surface area contributed by atoms with E-state index >= 15 is 0 Å². The molecule has 0 radical (unpaired) electrons. The molecule has 1 aromatic carbocycles. The van der Waals surface area contributed by atoms with Crippen LogP contribution in [-0.4, -0.2) is 16.1 Å². The molecule has 1 N–H and O–H groups in total. The minimum atomic E-state index is -4.40. The van der Waals surface area contributed by atoms with Crippen LogP contribution in [-0.2, 0) is 11.9 Å². The molecule has 2 rings (SSSR count). The first-order valence-corrected chi connectivity index (χ1v) is 6.84. The molecule has 21 heavy (non-hydrogen) atoms. The Labute approximate surface area is 122 Å². The number of rotatable bonds is 4. The van der Waals surface area contributed by atoms with Crippen molar-refractivity contribution in [2.75, 3.05) is 0 Å². The van der Waals surface area contributed by atoms with E-state index in [1.54, 1.807) is 12.1 Å². The van der Waals surface area contributed by atoms with E-state index in [0.717, 1.165) is 17.8 Å². The van der Waals surface area contributed by atoms with Crippen molar-refractivity contribution in [2.45, 2.75) is 16.8 Å². The number of carboxylic acid groups (broad SMARTS) is 1. The zero-order valence-corrected chi connectivity index (χ0v) is 11.4. The van der Waals surface area contributed by atoms with E-state index in [4.69, 9.17) is 5.11 Å². The monoisotopic (exact) mass is 313 g/mol. The number of halogens is 3. The van der Waals surface area contributed by atoms with Crippen molar-refractivity contribution < 1.29 is 23.1 Å². The molecule has 110 valence electrons. The number of nitrogens with zero attached hydrogens (tertiary/aromatic N) is 1. The number of benzene rings is 1. The quantitative estimate of drug-likeness (QED) is 0.864. The van der Waals surface area contributed by atoms with Gasteiger partial charge in [-0.05, 0) is 23.8 Å². The van der Waals surface area contributed by atoms with Gasteiger partial charge in [0.15, 0.2) is 0 Å². The zero-order chi connectivity index (χ0) is 15.5. The lowest BCUT2D eigenvalue weighted by atomic mass is 10.1. The van der Waals surface area contributed by atoms with Crippen LogP contribution in [0.15, 0.2) is 47.5 Å². The molecule has 0 aliphatic carbocycles. The fourth-order valence-corrected chi connectivity index (χ4v) is 2.63. The van der Waals surface area contributed by atoms with Gasteiger partial charge in [0.1, 0.15) is 5.69 Å². The van der Waals surface area contributed by atoms with Gasteiger partial charge in [-0.2, -0.15) is 13.2 Å². The molecule has 0 spiro atoms. The number of alkyl halides is 3. The first kappa shape index (κ1) is 15.4. The van der Waals surface area contributed by atoms with Crippen LogP contribution in [0, 0.1) is 0 Å². The summed E-state index contributed by atoms with van der Waals surface area (Å²) >= 11 is 1.13. The van der Waals surface area contributed by atoms with E-state index in [2.05, 4.69) is 4.98 Å². The van der Waals surface area contributed by atoms with E-state index in [-0.39, 0.29) is 17.0 Å². The number of pyridine rings is 1. The van der Waals surface area contributed by atoms with Crippen LogP contribution < -0.4 is 0 Å². The molecule has 0 saturated carbocycles. The Morgan fingerprint density at radius 1 is 1.24 bits per heavy atom. The highest BCUT2D eigenvalue weighted by molar-refractivity contribution is 7.98. The molecule has 0 bridgehead atoms. The third-order valence-electron chi connectivity index (χ3n) is 2.67. The molecule has 7 heteroatoms. The van der Waals surface area contributed by atoms with E-state index in [9.17, 15) is 18.0 Å². The topological polar surface area (TPSA) is 50.2 Å². The Morgan fingerprint density at radius 2 is 1.95 bits per heavy atom. The Balaban J connectivity index is 2.17. The standard InChI is InChI=1S/C14H10F3NO2S/c15-14(16,17)11-4-2-1-3-9(11)8-21-10-5-6-18-12(7-10)13(19)20/h1-7H,8H2,(H,19,20). The predicted molar refractivity (Wildman–Crippen MR) is 72.2 cm³/mol. The van der Waals surface area contributed by atoms with Crippen molar-refractivity contribution in [2.24, 2.45) is 0 Å². The number of carbonyl (C=O) groups is 1. The van der Waals surface area contributed by atoms with E-state index in [0.29, 0.717) is 4.90 Å². The van der Waals surface area contributed by atoms with Gasteiger partial charge in [0.05, 0.1) is 5.56 Å². The maximum atomic E-state index is 12.8. The van der Waals surface area contributed by atoms with E-state index in [1.165, 1.54) is 24.4 Å². The Morgan fingerprint density at radius 3 is 2.62 bits per heavy atom. The largest absolute Gasteiger partial charge is 0.477 e. The Kier molecular flexibility index (Phi) is 4.52. The number of aromatic nitrogens is 1. The van der Waals surface area contributed by atoms with Crippen LogP contribution in [0.3, 0.4) is 0 Å². The Bertz CT molecular complexity index is 659. The van der Waals surface area contributed by atoms with Gasteiger partial charge in [-0.25, -0.2) is 9.78 Å². The van der Waals surface area contributed by atoms with Gasteiger partial charge < -0.3 is 5.11 Å². The zero-order valence-electron chi connectivity index (χ0n) is 10.6. The highest BCUT2D eigenvalue weighted by Gasteiger charge is 2.32. The van der Waals surface area contributed by atoms with Crippen LogP contribution in [0.5, 0.6) is 0 Å². The number of carboxylic acids is 1. The summed E-state index contributed by atoms with van der Waals surface area (Å²) in [4.78, 5) is 15.0. The van der Waals surface area contributed by atoms with Gasteiger partial charge in [0.2, 0.25) is 0 Å². The van der Waals surface area contributed by atoms with Crippen molar-refractivity contribution >= 4 is 17.7 Å². The predicted octanol–water partition coefficient (Wildman–Crippen LogP) is 4.09. The highest BCUT2D eigenvalue weighted by Crippen LogP contribution is 2.34. The van der Waals surface area contributed by atoms with Crippen molar-refractivity contribution in [3.63, 3.8) is 0 Å². The van der Waals surface area contributed by atoms with E-state index in [1.807, 2.05) is 0 Å². The SMILES string of the molecule is O=C(O)c1cc(SCc2ccccc2C(F)(F)F)ccn1. The average Bonchev–Trinajstić information content (AvgIpc) is 2.45. The van der Waals surface area contributed by atoms with Crippen molar-refractivity contribution in [3.8, 4) is 0 Å². The number of hydrogen-bond donors (Lipinski definition) is 1. The van der Waals surface area contributed by atoms with Crippen molar-refractivity contribution in [1.82, 2.24) is 4.98 Å². The molecule has 0 fully saturated rings. The molecule has 0 aliphatic heterocycles. The molecule has 0 saturated heterocycles. The summed E-state index contributed by atoms with van der Waals surface area (Å²) in [6, 6.07) is 8.23. The maximum absolute atomic E-state index is 12.8. The molecule has 0 amide bonds. The minimum absolute atomic E-state index is 0.0960. The smallest absolute Gasteiger partial charge is 0.416 e. The summed E-state index contributed by atoms with van der Waals surface area (Å²) in [6.45, 7) is 0. The minimum Gasteiger partial charge on any atom is -0.477 e. The summed E-state index contributed by atoms with van der Waals surface area (Å²) in [5.41, 5.74) is -0.655.